The number of amides is 2. The zero-order chi connectivity index (χ0) is 15.8. The molecule has 1 aromatic rings. The Hall–Kier alpha value is -2.24. The van der Waals surface area contributed by atoms with Gasteiger partial charge >= 0.3 is 0 Å². The van der Waals surface area contributed by atoms with Crippen molar-refractivity contribution in [1.82, 2.24) is 10.9 Å². The molecule has 22 heavy (non-hydrogen) atoms. The molecule has 1 aromatic carbocycles. The zero-order valence-electron chi connectivity index (χ0n) is 12.8. The molecule has 0 spiro atoms. The maximum Gasteiger partial charge on any atom is 0.276 e. The number of hydrogen-bond donors (Lipinski definition) is 2. The fraction of sp³-hybridized carbons (Fsp3) is 0.500. The number of hydrazine groups is 1. The van der Waals surface area contributed by atoms with Crippen molar-refractivity contribution >= 4 is 11.8 Å². The lowest BCUT2D eigenvalue weighted by atomic mass is 9.89. The Kier molecular flexibility index (Phi) is 6.06. The minimum absolute atomic E-state index is 0.00388. The third-order valence-electron chi connectivity index (χ3n) is 3.73. The van der Waals surface area contributed by atoms with E-state index in [-0.39, 0.29) is 18.4 Å². The van der Waals surface area contributed by atoms with Gasteiger partial charge in [0.2, 0.25) is 5.91 Å². The highest BCUT2D eigenvalue weighted by atomic mass is 16.5. The van der Waals surface area contributed by atoms with E-state index >= 15 is 0 Å². The second-order valence-electron chi connectivity index (χ2n) is 5.31. The fourth-order valence-corrected chi connectivity index (χ4v) is 2.52. The minimum atomic E-state index is -0.407. The highest BCUT2D eigenvalue weighted by Gasteiger charge is 2.21. The Balaban J connectivity index is 1.72. The van der Waals surface area contributed by atoms with Gasteiger partial charge in [-0.3, -0.25) is 20.4 Å². The Bertz CT molecular complexity index is 513. The Labute approximate surface area is 130 Å². The number of methoxy groups -OCH3 is 1. The van der Waals surface area contributed by atoms with Crippen molar-refractivity contribution in [3.63, 3.8) is 0 Å². The molecule has 0 radical (unpaired) electrons. The van der Waals surface area contributed by atoms with Crippen LogP contribution in [0, 0.1) is 5.92 Å². The number of ether oxygens (including phenoxy) is 2. The van der Waals surface area contributed by atoms with Crippen LogP contribution in [-0.4, -0.2) is 25.5 Å². The van der Waals surface area contributed by atoms with Crippen LogP contribution in [0.15, 0.2) is 24.3 Å². The lowest BCUT2D eigenvalue weighted by Gasteiger charge is -2.20. The van der Waals surface area contributed by atoms with Crippen molar-refractivity contribution in [2.24, 2.45) is 5.92 Å². The van der Waals surface area contributed by atoms with Crippen LogP contribution in [0.25, 0.3) is 0 Å². The molecule has 0 aliphatic heterocycles. The number of para-hydroxylation sites is 2. The van der Waals surface area contributed by atoms with Gasteiger partial charge in [-0.25, -0.2) is 0 Å². The molecular weight excluding hydrogens is 284 g/mol. The topological polar surface area (TPSA) is 76.7 Å². The van der Waals surface area contributed by atoms with Gasteiger partial charge in [-0.1, -0.05) is 31.4 Å². The average Bonchev–Trinajstić information content (AvgIpc) is 2.58. The van der Waals surface area contributed by atoms with E-state index < -0.39 is 5.91 Å². The van der Waals surface area contributed by atoms with Gasteiger partial charge in [0.1, 0.15) is 0 Å². The summed E-state index contributed by atoms with van der Waals surface area (Å²) in [4.78, 5) is 23.6. The van der Waals surface area contributed by atoms with Gasteiger partial charge in [0, 0.05) is 5.92 Å². The lowest BCUT2D eigenvalue weighted by Crippen LogP contribution is -2.46. The monoisotopic (exact) mass is 306 g/mol. The van der Waals surface area contributed by atoms with Crippen molar-refractivity contribution in [3.05, 3.63) is 24.3 Å². The first kappa shape index (κ1) is 16.1. The first-order valence-electron chi connectivity index (χ1n) is 7.55. The Morgan fingerprint density at radius 2 is 1.77 bits per heavy atom. The van der Waals surface area contributed by atoms with E-state index in [2.05, 4.69) is 10.9 Å². The number of carbonyl (C=O) groups is 2. The van der Waals surface area contributed by atoms with Gasteiger partial charge in [0.05, 0.1) is 7.11 Å². The van der Waals surface area contributed by atoms with Crippen molar-refractivity contribution in [2.45, 2.75) is 32.1 Å². The first-order chi connectivity index (χ1) is 10.7. The second-order valence-corrected chi connectivity index (χ2v) is 5.31. The summed E-state index contributed by atoms with van der Waals surface area (Å²) in [6.45, 7) is -0.189. The molecule has 0 unspecified atom stereocenters. The number of carbonyl (C=O) groups excluding carboxylic acids is 2. The van der Waals surface area contributed by atoms with E-state index in [0.717, 1.165) is 25.7 Å². The third-order valence-corrected chi connectivity index (χ3v) is 3.73. The minimum Gasteiger partial charge on any atom is -0.493 e. The molecule has 1 aliphatic carbocycles. The van der Waals surface area contributed by atoms with Crippen LogP contribution in [0.3, 0.4) is 0 Å². The first-order valence-corrected chi connectivity index (χ1v) is 7.55. The summed E-state index contributed by atoms with van der Waals surface area (Å²) in [7, 11) is 1.53. The van der Waals surface area contributed by atoms with Crippen LogP contribution in [0.1, 0.15) is 32.1 Å². The lowest BCUT2D eigenvalue weighted by molar-refractivity contribution is -0.132. The second kappa shape index (κ2) is 8.26. The number of nitrogens with one attached hydrogen (secondary N) is 2. The van der Waals surface area contributed by atoms with E-state index in [4.69, 9.17) is 9.47 Å². The summed E-state index contributed by atoms with van der Waals surface area (Å²) in [6.07, 6.45) is 5.10. The quantitative estimate of drug-likeness (QED) is 0.813. The summed E-state index contributed by atoms with van der Waals surface area (Å²) in [5, 5.41) is 0. The number of benzene rings is 1. The Morgan fingerprint density at radius 1 is 1.09 bits per heavy atom. The Morgan fingerprint density at radius 3 is 2.45 bits per heavy atom. The van der Waals surface area contributed by atoms with Crippen LogP contribution in [-0.2, 0) is 9.59 Å². The smallest absolute Gasteiger partial charge is 0.276 e. The summed E-state index contributed by atoms with van der Waals surface area (Å²) >= 11 is 0. The maximum atomic E-state index is 11.9. The summed E-state index contributed by atoms with van der Waals surface area (Å²) in [5.74, 6) is 0.518. The van der Waals surface area contributed by atoms with Crippen molar-refractivity contribution in [2.75, 3.05) is 13.7 Å². The van der Waals surface area contributed by atoms with Gasteiger partial charge < -0.3 is 9.47 Å². The highest BCUT2D eigenvalue weighted by Crippen LogP contribution is 2.25. The van der Waals surface area contributed by atoms with E-state index in [0.29, 0.717) is 11.5 Å². The molecule has 6 heteroatoms. The molecule has 2 rings (SSSR count). The van der Waals surface area contributed by atoms with Crippen molar-refractivity contribution in [1.29, 1.82) is 0 Å². The predicted octanol–water partition coefficient (Wildman–Crippen LogP) is 1.80. The molecule has 2 N–H and O–H groups in total. The summed E-state index contributed by atoms with van der Waals surface area (Å²) in [6, 6.07) is 7.07. The van der Waals surface area contributed by atoms with Gasteiger partial charge in [-0.05, 0) is 25.0 Å². The molecule has 1 saturated carbocycles. The zero-order valence-corrected chi connectivity index (χ0v) is 12.8. The van der Waals surface area contributed by atoms with Gasteiger partial charge in [-0.15, -0.1) is 0 Å². The molecule has 0 heterocycles. The van der Waals surface area contributed by atoms with Crippen LogP contribution < -0.4 is 20.3 Å². The van der Waals surface area contributed by atoms with E-state index in [9.17, 15) is 9.59 Å². The molecule has 2 amide bonds. The average molecular weight is 306 g/mol. The molecule has 0 aromatic heterocycles. The standard InChI is InChI=1S/C16H22N2O4/c1-21-13-9-5-6-10-14(13)22-11-15(19)17-18-16(20)12-7-3-2-4-8-12/h5-6,9-10,12H,2-4,7-8,11H2,1H3,(H,17,19)(H,18,20). The summed E-state index contributed by atoms with van der Waals surface area (Å²) in [5.41, 5.74) is 4.85. The molecule has 6 nitrogen and oxygen atoms in total. The molecule has 1 aliphatic rings. The van der Waals surface area contributed by atoms with E-state index in [1.54, 1.807) is 18.2 Å². The van der Waals surface area contributed by atoms with Gasteiger partial charge in [-0.2, -0.15) is 0 Å². The van der Waals surface area contributed by atoms with E-state index in [1.807, 2.05) is 6.07 Å². The number of hydrogen-bond acceptors (Lipinski definition) is 4. The largest absolute Gasteiger partial charge is 0.493 e. The number of rotatable bonds is 5. The highest BCUT2D eigenvalue weighted by molar-refractivity contribution is 5.84. The predicted molar refractivity (Wildman–Crippen MR) is 81.3 cm³/mol. The fourth-order valence-electron chi connectivity index (χ4n) is 2.52. The van der Waals surface area contributed by atoms with Crippen molar-refractivity contribution in [3.8, 4) is 11.5 Å². The third kappa shape index (κ3) is 4.65. The van der Waals surface area contributed by atoms with Gasteiger partial charge in [0.15, 0.2) is 18.1 Å². The van der Waals surface area contributed by atoms with Gasteiger partial charge in [0.25, 0.3) is 5.91 Å². The normalized spacial score (nSPS) is 15.0. The van der Waals surface area contributed by atoms with Crippen LogP contribution in [0.2, 0.25) is 0 Å². The van der Waals surface area contributed by atoms with Crippen LogP contribution in [0.4, 0.5) is 0 Å². The molecular formula is C16H22N2O4. The SMILES string of the molecule is COc1ccccc1OCC(=O)NNC(=O)C1CCCCC1. The van der Waals surface area contributed by atoms with Crippen molar-refractivity contribution < 1.29 is 19.1 Å². The maximum absolute atomic E-state index is 11.9. The molecule has 0 bridgehead atoms. The molecule has 120 valence electrons. The van der Waals surface area contributed by atoms with E-state index in [1.165, 1.54) is 13.5 Å². The molecule has 0 saturated heterocycles. The summed E-state index contributed by atoms with van der Waals surface area (Å²) < 4.78 is 10.5. The molecule has 0 atom stereocenters. The van der Waals surface area contributed by atoms with Crippen LogP contribution >= 0.6 is 0 Å². The molecule has 1 fully saturated rings. The van der Waals surface area contributed by atoms with Crippen LogP contribution in [0.5, 0.6) is 11.5 Å².